The van der Waals surface area contributed by atoms with Crippen LogP contribution in [0.1, 0.15) is 12.2 Å². The van der Waals surface area contributed by atoms with Crippen molar-refractivity contribution < 1.29 is 13.5 Å². The number of aromatic nitrogens is 6. The smallest absolute Gasteiger partial charge is 0.299 e. The molecule has 0 N–H and O–H groups in total. The maximum Gasteiger partial charge on any atom is 0.299 e. The molecule has 4 rings (SSSR count). The molecule has 0 fully saturated rings. The van der Waals surface area contributed by atoms with Gasteiger partial charge in [0.2, 0.25) is 5.82 Å². The predicted molar refractivity (Wildman–Crippen MR) is 96.5 cm³/mol. The number of imidazole rings is 1. The molecule has 0 atom stereocenters. The van der Waals surface area contributed by atoms with Gasteiger partial charge in [0.05, 0.1) is 17.6 Å². The van der Waals surface area contributed by atoms with Crippen LogP contribution < -0.4 is 0 Å². The fourth-order valence-electron chi connectivity index (χ4n) is 2.63. The Morgan fingerprint density at radius 2 is 2.07 bits per heavy atom. The molecule has 0 saturated heterocycles. The molecule has 0 unspecified atom stereocenters. The lowest BCUT2D eigenvalue weighted by Crippen LogP contribution is -2.06. The van der Waals surface area contributed by atoms with Crippen LogP contribution in [0.2, 0.25) is 5.02 Å². The monoisotopic (exact) mass is 410 g/mol. The van der Waals surface area contributed by atoms with Gasteiger partial charge < -0.3 is 9.30 Å². The second kappa shape index (κ2) is 7.37. The average Bonchev–Trinajstić information content (AvgIpc) is 3.20. The summed E-state index contributed by atoms with van der Waals surface area (Å²) in [4.78, 5) is 4.60. The number of rotatable bonds is 6. The second-order valence-electron chi connectivity index (χ2n) is 5.57. The van der Waals surface area contributed by atoms with Crippen LogP contribution in [0.25, 0.3) is 16.7 Å². The molecular weight excluding hydrogens is 398 g/mol. The number of hydrogen-bond acceptors (Lipinski definition) is 6. The maximum absolute atomic E-state index is 13.1. The lowest BCUT2D eigenvalue weighted by atomic mass is 10.3. The van der Waals surface area contributed by atoms with Crippen molar-refractivity contribution in [2.75, 3.05) is 13.7 Å². The first-order valence-electron chi connectivity index (χ1n) is 7.90. The van der Waals surface area contributed by atoms with E-state index in [1.165, 1.54) is 11.8 Å². The van der Waals surface area contributed by atoms with Crippen molar-refractivity contribution >= 4 is 40.0 Å². The largest absolute Gasteiger partial charge is 0.383 e. The van der Waals surface area contributed by atoms with Crippen molar-refractivity contribution in [2.45, 2.75) is 23.2 Å². The summed E-state index contributed by atoms with van der Waals surface area (Å²) < 4.78 is 34.3. The van der Waals surface area contributed by atoms with Crippen LogP contribution in [-0.2, 0) is 11.3 Å². The Balaban J connectivity index is 1.76. The summed E-state index contributed by atoms with van der Waals surface area (Å²) in [6, 6.07) is 8.73. The maximum atomic E-state index is 13.1. The normalized spacial score (nSPS) is 11.9. The highest BCUT2D eigenvalue weighted by Gasteiger charge is 2.18. The van der Waals surface area contributed by atoms with Crippen molar-refractivity contribution in [3.63, 3.8) is 0 Å². The Hall–Kier alpha value is -2.30. The zero-order chi connectivity index (χ0) is 19.0. The van der Waals surface area contributed by atoms with Crippen LogP contribution in [0.15, 0.2) is 40.5 Å². The van der Waals surface area contributed by atoms with Gasteiger partial charge in [-0.25, -0.2) is 13.8 Å². The highest BCUT2D eigenvalue weighted by Crippen LogP contribution is 2.30. The summed E-state index contributed by atoms with van der Waals surface area (Å²) in [7, 11) is 1.62. The first kappa shape index (κ1) is 18.1. The molecule has 0 aliphatic heterocycles. The van der Waals surface area contributed by atoms with E-state index in [9.17, 15) is 8.78 Å². The fourth-order valence-corrected chi connectivity index (χ4v) is 3.69. The standard InChI is InChI=1S/C16H13ClF2N6OS/c1-26-7-6-24-11-3-2-9(17)8-10(11)20-16(24)27-13-5-4-12-21-22-15(14(18)19)25(12)23-13/h2-5,8,14H,6-7H2,1H3. The molecule has 0 radical (unpaired) electrons. The van der Waals surface area contributed by atoms with Gasteiger partial charge in [0, 0.05) is 18.7 Å². The number of benzene rings is 1. The van der Waals surface area contributed by atoms with Gasteiger partial charge in [-0.15, -0.1) is 10.2 Å². The van der Waals surface area contributed by atoms with Crippen LogP contribution in [0.3, 0.4) is 0 Å². The zero-order valence-electron chi connectivity index (χ0n) is 14.0. The Labute approximate surface area is 161 Å². The van der Waals surface area contributed by atoms with Gasteiger partial charge in [-0.2, -0.15) is 9.61 Å². The molecule has 140 valence electrons. The third kappa shape index (κ3) is 3.47. The average molecular weight is 411 g/mol. The van der Waals surface area contributed by atoms with Gasteiger partial charge in [-0.3, -0.25) is 0 Å². The highest BCUT2D eigenvalue weighted by molar-refractivity contribution is 7.99. The summed E-state index contributed by atoms with van der Waals surface area (Å²) in [5.74, 6) is -0.493. The summed E-state index contributed by atoms with van der Waals surface area (Å²) in [6.07, 6.45) is -2.76. The predicted octanol–water partition coefficient (Wildman–Crippen LogP) is 3.86. The highest BCUT2D eigenvalue weighted by atomic mass is 35.5. The Kier molecular flexibility index (Phi) is 4.94. The topological polar surface area (TPSA) is 70.1 Å². The van der Waals surface area contributed by atoms with E-state index in [1.807, 2.05) is 10.6 Å². The molecule has 1 aromatic carbocycles. The number of ether oxygens (including phenoxy) is 1. The van der Waals surface area contributed by atoms with Gasteiger partial charge in [0.15, 0.2) is 10.8 Å². The lowest BCUT2D eigenvalue weighted by Gasteiger charge is -2.08. The molecule has 27 heavy (non-hydrogen) atoms. The lowest BCUT2D eigenvalue weighted by molar-refractivity contribution is 0.137. The van der Waals surface area contributed by atoms with Crippen molar-refractivity contribution in [1.82, 2.24) is 29.4 Å². The first-order chi connectivity index (χ1) is 13.1. The Morgan fingerprint density at radius 3 is 2.85 bits per heavy atom. The number of alkyl halides is 2. The number of fused-ring (bicyclic) bond motifs is 2. The fraction of sp³-hybridized carbons (Fsp3) is 0.250. The van der Waals surface area contributed by atoms with Crippen LogP contribution in [0, 0.1) is 0 Å². The number of nitrogens with zero attached hydrogens (tertiary/aromatic N) is 6. The molecule has 0 aliphatic carbocycles. The molecule has 0 saturated carbocycles. The van der Waals surface area contributed by atoms with E-state index in [2.05, 4.69) is 20.3 Å². The first-order valence-corrected chi connectivity index (χ1v) is 9.09. The van der Waals surface area contributed by atoms with E-state index in [0.717, 1.165) is 15.5 Å². The van der Waals surface area contributed by atoms with E-state index in [1.54, 1.807) is 31.4 Å². The quantitative estimate of drug-likeness (QED) is 0.480. The van der Waals surface area contributed by atoms with E-state index >= 15 is 0 Å². The van der Waals surface area contributed by atoms with Crippen LogP contribution >= 0.6 is 23.4 Å². The van der Waals surface area contributed by atoms with Crippen molar-refractivity contribution in [1.29, 1.82) is 0 Å². The van der Waals surface area contributed by atoms with Crippen LogP contribution in [-0.4, -0.2) is 43.1 Å². The van der Waals surface area contributed by atoms with Crippen molar-refractivity contribution in [2.24, 2.45) is 0 Å². The SMILES string of the molecule is COCCn1c(Sc2ccc3nnc(C(F)F)n3n2)nc2cc(Cl)ccc21. The van der Waals surface area contributed by atoms with Gasteiger partial charge in [0.1, 0.15) is 5.03 Å². The van der Waals surface area contributed by atoms with E-state index in [-0.39, 0.29) is 5.65 Å². The van der Waals surface area contributed by atoms with Crippen molar-refractivity contribution in [3.8, 4) is 0 Å². The number of halogens is 3. The molecule has 0 amide bonds. The third-order valence-corrected chi connectivity index (χ3v) is 5.00. The molecule has 3 aromatic heterocycles. The van der Waals surface area contributed by atoms with Gasteiger partial charge in [-0.1, -0.05) is 11.6 Å². The van der Waals surface area contributed by atoms with Crippen LogP contribution in [0.4, 0.5) is 8.78 Å². The molecule has 4 aromatic rings. The molecule has 0 aliphatic rings. The zero-order valence-corrected chi connectivity index (χ0v) is 15.6. The number of methoxy groups -OCH3 is 1. The van der Waals surface area contributed by atoms with Gasteiger partial charge in [0.25, 0.3) is 6.43 Å². The summed E-state index contributed by atoms with van der Waals surface area (Å²) >= 11 is 7.32. The molecular formula is C16H13ClF2N6OS. The second-order valence-corrected chi connectivity index (χ2v) is 7.00. The molecule has 11 heteroatoms. The minimum Gasteiger partial charge on any atom is -0.383 e. The molecule has 3 heterocycles. The van der Waals surface area contributed by atoms with E-state index < -0.39 is 12.2 Å². The molecule has 0 spiro atoms. The third-order valence-electron chi connectivity index (χ3n) is 3.85. The van der Waals surface area contributed by atoms with E-state index in [4.69, 9.17) is 16.3 Å². The number of hydrogen-bond donors (Lipinski definition) is 0. The Bertz CT molecular complexity index is 1120. The minimum absolute atomic E-state index is 0.259. The molecule has 0 bridgehead atoms. The Morgan fingerprint density at radius 1 is 1.22 bits per heavy atom. The van der Waals surface area contributed by atoms with Gasteiger partial charge >= 0.3 is 0 Å². The summed E-state index contributed by atoms with van der Waals surface area (Å²) in [5, 5.41) is 13.1. The van der Waals surface area contributed by atoms with E-state index in [0.29, 0.717) is 28.4 Å². The minimum atomic E-state index is -2.76. The summed E-state index contributed by atoms with van der Waals surface area (Å²) in [6.45, 7) is 1.07. The van der Waals surface area contributed by atoms with Crippen molar-refractivity contribution in [3.05, 3.63) is 41.2 Å². The summed E-state index contributed by atoms with van der Waals surface area (Å²) in [5.41, 5.74) is 1.90. The molecule has 7 nitrogen and oxygen atoms in total. The van der Waals surface area contributed by atoms with Crippen LogP contribution in [0.5, 0.6) is 0 Å². The van der Waals surface area contributed by atoms with Gasteiger partial charge in [-0.05, 0) is 42.1 Å².